The Morgan fingerprint density at radius 2 is 2.05 bits per heavy atom. The predicted molar refractivity (Wildman–Crippen MR) is 78.2 cm³/mol. The van der Waals surface area contributed by atoms with E-state index >= 15 is 0 Å². The van der Waals surface area contributed by atoms with Crippen molar-refractivity contribution >= 4 is 11.4 Å². The average Bonchev–Trinajstić information content (AvgIpc) is 2.45. The Morgan fingerprint density at radius 1 is 1.25 bits per heavy atom. The number of methoxy groups -OCH3 is 1. The van der Waals surface area contributed by atoms with Gasteiger partial charge < -0.3 is 10.1 Å². The van der Waals surface area contributed by atoms with Gasteiger partial charge in [-0.2, -0.15) is 0 Å². The number of hydrogen-bond acceptors (Lipinski definition) is 4. The normalized spacial score (nSPS) is 10.1. The molecular formula is C15H16N2O3. The van der Waals surface area contributed by atoms with Crippen molar-refractivity contribution in [1.82, 2.24) is 0 Å². The van der Waals surface area contributed by atoms with Gasteiger partial charge >= 0.3 is 0 Å². The molecule has 20 heavy (non-hydrogen) atoms. The van der Waals surface area contributed by atoms with E-state index in [1.807, 2.05) is 31.2 Å². The Hall–Kier alpha value is -2.56. The highest BCUT2D eigenvalue weighted by Crippen LogP contribution is 2.22. The van der Waals surface area contributed by atoms with E-state index in [9.17, 15) is 10.1 Å². The van der Waals surface area contributed by atoms with Crippen molar-refractivity contribution in [2.45, 2.75) is 13.5 Å². The standard InChI is InChI=1S/C15H16N2O3/c1-11-8-13(6-7-15(11)20-2)16-10-12-4-3-5-14(9-12)17(18)19/h3-9,16H,10H2,1-2H3. The third-order valence-electron chi connectivity index (χ3n) is 3.01. The van der Waals surface area contributed by atoms with Crippen molar-refractivity contribution in [3.8, 4) is 5.75 Å². The van der Waals surface area contributed by atoms with Gasteiger partial charge in [-0.15, -0.1) is 0 Å². The van der Waals surface area contributed by atoms with Gasteiger partial charge in [0.1, 0.15) is 5.75 Å². The van der Waals surface area contributed by atoms with Crippen LogP contribution in [0.25, 0.3) is 0 Å². The monoisotopic (exact) mass is 272 g/mol. The minimum absolute atomic E-state index is 0.107. The Kier molecular flexibility index (Phi) is 4.20. The largest absolute Gasteiger partial charge is 0.496 e. The van der Waals surface area contributed by atoms with E-state index in [0.717, 1.165) is 22.6 Å². The van der Waals surface area contributed by atoms with E-state index in [2.05, 4.69) is 5.32 Å². The van der Waals surface area contributed by atoms with Crippen molar-refractivity contribution in [1.29, 1.82) is 0 Å². The van der Waals surface area contributed by atoms with Crippen molar-refractivity contribution in [2.75, 3.05) is 12.4 Å². The number of anilines is 1. The molecule has 1 N–H and O–H groups in total. The van der Waals surface area contributed by atoms with Gasteiger partial charge in [0, 0.05) is 24.4 Å². The number of non-ortho nitro benzene ring substituents is 1. The molecule has 0 radical (unpaired) electrons. The molecule has 2 aromatic rings. The number of rotatable bonds is 5. The molecule has 0 bridgehead atoms. The van der Waals surface area contributed by atoms with Gasteiger partial charge in [-0.1, -0.05) is 12.1 Å². The van der Waals surface area contributed by atoms with Crippen LogP contribution in [0.5, 0.6) is 5.75 Å². The van der Waals surface area contributed by atoms with Crippen LogP contribution < -0.4 is 10.1 Å². The molecular weight excluding hydrogens is 256 g/mol. The molecule has 0 aliphatic rings. The lowest BCUT2D eigenvalue weighted by molar-refractivity contribution is -0.384. The molecule has 2 aromatic carbocycles. The highest BCUT2D eigenvalue weighted by molar-refractivity contribution is 5.51. The molecule has 5 heteroatoms. The Labute approximate surface area is 117 Å². The summed E-state index contributed by atoms with van der Waals surface area (Å²) in [5.41, 5.74) is 2.97. The first-order chi connectivity index (χ1) is 9.60. The quantitative estimate of drug-likeness (QED) is 0.668. The number of ether oxygens (including phenoxy) is 1. The molecule has 0 atom stereocenters. The molecule has 0 spiro atoms. The molecule has 0 aliphatic carbocycles. The molecule has 0 aliphatic heterocycles. The van der Waals surface area contributed by atoms with Crippen molar-refractivity contribution in [2.24, 2.45) is 0 Å². The molecule has 0 amide bonds. The highest BCUT2D eigenvalue weighted by Gasteiger charge is 2.05. The Balaban J connectivity index is 2.07. The summed E-state index contributed by atoms with van der Waals surface area (Å²) in [5.74, 6) is 0.839. The van der Waals surface area contributed by atoms with Crippen LogP contribution in [0.2, 0.25) is 0 Å². The zero-order valence-corrected chi connectivity index (χ0v) is 11.4. The third-order valence-corrected chi connectivity index (χ3v) is 3.01. The highest BCUT2D eigenvalue weighted by atomic mass is 16.6. The number of nitrogens with zero attached hydrogens (tertiary/aromatic N) is 1. The summed E-state index contributed by atoms with van der Waals surface area (Å²) in [6, 6.07) is 12.4. The minimum Gasteiger partial charge on any atom is -0.496 e. The van der Waals surface area contributed by atoms with Gasteiger partial charge in [-0.05, 0) is 36.2 Å². The first kappa shape index (κ1) is 13.9. The van der Waals surface area contributed by atoms with Crippen molar-refractivity contribution in [3.05, 3.63) is 63.7 Å². The van der Waals surface area contributed by atoms with Gasteiger partial charge in [0.15, 0.2) is 0 Å². The summed E-state index contributed by atoms with van der Waals surface area (Å²) in [7, 11) is 1.64. The predicted octanol–water partition coefficient (Wildman–Crippen LogP) is 3.52. The summed E-state index contributed by atoms with van der Waals surface area (Å²) in [5, 5.41) is 14.0. The fraction of sp³-hybridized carbons (Fsp3) is 0.200. The van der Waals surface area contributed by atoms with Crippen LogP contribution in [0.4, 0.5) is 11.4 Å². The fourth-order valence-electron chi connectivity index (χ4n) is 1.97. The topological polar surface area (TPSA) is 64.4 Å². The molecule has 104 valence electrons. The van der Waals surface area contributed by atoms with Crippen LogP contribution >= 0.6 is 0 Å². The Bertz CT molecular complexity index is 626. The maximum atomic E-state index is 10.7. The van der Waals surface area contributed by atoms with Gasteiger partial charge in [0.05, 0.1) is 12.0 Å². The SMILES string of the molecule is COc1ccc(NCc2cccc([N+](=O)[O-])c2)cc1C. The van der Waals surface area contributed by atoms with E-state index in [4.69, 9.17) is 4.74 Å². The van der Waals surface area contributed by atoms with Crippen LogP contribution in [-0.4, -0.2) is 12.0 Å². The fourth-order valence-corrected chi connectivity index (χ4v) is 1.97. The number of nitrogens with one attached hydrogen (secondary N) is 1. The third kappa shape index (κ3) is 3.26. The molecule has 2 rings (SSSR count). The van der Waals surface area contributed by atoms with Crippen LogP contribution in [0.1, 0.15) is 11.1 Å². The molecule has 0 saturated heterocycles. The van der Waals surface area contributed by atoms with E-state index in [1.54, 1.807) is 19.2 Å². The van der Waals surface area contributed by atoms with E-state index in [1.165, 1.54) is 6.07 Å². The number of benzene rings is 2. The van der Waals surface area contributed by atoms with E-state index < -0.39 is 0 Å². The molecule has 0 heterocycles. The molecule has 0 aromatic heterocycles. The summed E-state index contributed by atoms with van der Waals surface area (Å²) >= 11 is 0. The minimum atomic E-state index is -0.388. The zero-order chi connectivity index (χ0) is 14.5. The van der Waals surface area contributed by atoms with Crippen LogP contribution in [0, 0.1) is 17.0 Å². The second-order valence-corrected chi connectivity index (χ2v) is 4.46. The van der Waals surface area contributed by atoms with E-state index in [0.29, 0.717) is 6.54 Å². The first-order valence-corrected chi connectivity index (χ1v) is 6.22. The van der Waals surface area contributed by atoms with Crippen LogP contribution in [0.3, 0.4) is 0 Å². The average molecular weight is 272 g/mol. The van der Waals surface area contributed by atoms with Crippen molar-refractivity contribution < 1.29 is 9.66 Å². The Morgan fingerprint density at radius 3 is 2.70 bits per heavy atom. The van der Waals surface area contributed by atoms with Gasteiger partial charge in [0.25, 0.3) is 5.69 Å². The van der Waals surface area contributed by atoms with Gasteiger partial charge in [-0.25, -0.2) is 0 Å². The number of aryl methyl sites for hydroxylation is 1. The summed E-state index contributed by atoms with van der Waals surface area (Å²) in [6.07, 6.45) is 0. The zero-order valence-electron chi connectivity index (χ0n) is 11.4. The molecule has 0 unspecified atom stereocenters. The first-order valence-electron chi connectivity index (χ1n) is 6.22. The number of hydrogen-bond donors (Lipinski definition) is 1. The molecule has 0 saturated carbocycles. The lowest BCUT2D eigenvalue weighted by Gasteiger charge is -2.10. The summed E-state index contributed by atoms with van der Waals surface area (Å²) < 4.78 is 5.20. The number of nitro benzene ring substituents is 1. The van der Waals surface area contributed by atoms with Gasteiger partial charge in [-0.3, -0.25) is 10.1 Å². The lowest BCUT2D eigenvalue weighted by Crippen LogP contribution is -2.00. The second-order valence-electron chi connectivity index (χ2n) is 4.46. The van der Waals surface area contributed by atoms with Crippen molar-refractivity contribution in [3.63, 3.8) is 0 Å². The summed E-state index contributed by atoms with van der Waals surface area (Å²) in [4.78, 5) is 10.3. The van der Waals surface area contributed by atoms with E-state index in [-0.39, 0.29) is 10.6 Å². The number of nitro groups is 1. The molecule has 0 fully saturated rings. The lowest BCUT2D eigenvalue weighted by atomic mass is 10.1. The van der Waals surface area contributed by atoms with Gasteiger partial charge in [0.2, 0.25) is 0 Å². The second kappa shape index (κ2) is 6.06. The maximum Gasteiger partial charge on any atom is 0.269 e. The van der Waals surface area contributed by atoms with Crippen LogP contribution in [-0.2, 0) is 6.54 Å². The molecule has 5 nitrogen and oxygen atoms in total. The summed E-state index contributed by atoms with van der Waals surface area (Å²) in [6.45, 7) is 2.50. The van der Waals surface area contributed by atoms with Crippen LogP contribution in [0.15, 0.2) is 42.5 Å². The maximum absolute atomic E-state index is 10.7. The smallest absolute Gasteiger partial charge is 0.269 e.